The molecule has 7 nitrogen and oxygen atoms in total. The zero-order valence-electron chi connectivity index (χ0n) is 16.9. The van der Waals surface area contributed by atoms with Crippen LogP contribution < -0.4 is 19.6 Å². The number of methoxy groups -OCH3 is 3. The molecule has 0 aliphatic carbocycles. The van der Waals surface area contributed by atoms with Crippen molar-refractivity contribution in [3.63, 3.8) is 0 Å². The molecule has 0 unspecified atom stereocenters. The van der Waals surface area contributed by atoms with Crippen LogP contribution in [0.1, 0.15) is 12.7 Å². The fourth-order valence-electron chi connectivity index (χ4n) is 3.10. The molecular weight excluding hydrogens is 376 g/mol. The van der Waals surface area contributed by atoms with Gasteiger partial charge < -0.3 is 23.4 Å². The fourth-order valence-corrected chi connectivity index (χ4v) is 3.10. The highest BCUT2D eigenvalue weighted by Crippen LogP contribution is 2.33. The Hall–Kier alpha value is -3.48. The highest BCUT2D eigenvalue weighted by atomic mass is 16.6. The lowest BCUT2D eigenvalue weighted by Crippen LogP contribution is -2.24. The Kier molecular flexibility index (Phi) is 5.77. The predicted octanol–water partition coefficient (Wildman–Crippen LogP) is 3.73. The minimum Gasteiger partial charge on any atom is -0.493 e. The summed E-state index contributed by atoms with van der Waals surface area (Å²) in [6.07, 6.45) is -0.781. The Balaban J connectivity index is 2.07. The van der Waals surface area contributed by atoms with E-state index in [0.717, 1.165) is 0 Å². The van der Waals surface area contributed by atoms with Crippen molar-refractivity contribution in [1.29, 1.82) is 0 Å². The van der Waals surface area contributed by atoms with Gasteiger partial charge in [0.2, 0.25) is 5.43 Å². The topological polar surface area (TPSA) is 84.2 Å². The lowest BCUT2D eigenvalue weighted by molar-refractivity contribution is -0.147. The Morgan fingerprint density at radius 2 is 1.72 bits per heavy atom. The number of rotatable bonds is 6. The average Bonchev–Trinajstić information content (AvgIpc) is 2.72. The van der Waals surface area contributed by atoms with Gasteiger partial charge in [-0.25, -0.2) is 4.79 Å². The molecule has 7 heteroatoms. The first-order valence-corrected chi connectivity index (χ1v) is 8.94. The minimum absolute atomic E-state index is 0.177. The number of fused-ring (bicyclic) bond motifs is 1. The molecule has 0 N–H and O–H groups in total. The Morgan fingerprint density at radius 3 is 2.38 bits per heavy atom. The molecule has 0 saturated heterocycles. The van der Waals surface area contributed by atoms with Gasteiger partial charge >= 0.3 is 5.97 Å². The molecule has 29 heavy (non-hydrogen) atoms. The van der Waals surface area contributed by atoms with Crippen molar-refractivity contribution in [3.05, 3.63) is 52.4 Å². The summed E-state index contributed by atoms with van der Waals surface area (Å²) in [5.74, 6) is 1.45. The molecule has 152 valence electrons. The van der Waals surface area contributed by atoms with Gasteiger partial charge in [0, 0.05) is 6.07 Å². The molecule has 0 aliphatic heterocycles. The number of benzene rings is 2. The summed E-state index contributed by atoms with van der Waals surface area (Å²) in [4.78, 5) is 24.7. The fraction of sp³-hybridized carbons (Fsp3) is 0.273. The van der Waals surface area contributed by atoms with Gasteiger partial charge in [-0.3, -0.25) is 4.79 Å². The molecular formula is C22H22O7. The van der Waals surface area contributed by atoms with Crippen molar-refractivity contribution in [2.24, 2.45) is 0 Å². The van der Waals surface area contributed by atoms with E-state index in [1.165, 1.54) is 14.2 Å². The summed E-state index contributed by atoms with van der Waals surface area (Å²) in [7, 11) is 4.38. The van der Waals surface area contributed by atoms with Crippen LogP contribution in [0.15, 0.2) is 45.6 Å². The van der Waals surface area contributed by atoms with Crippen LogP contribution in [0.25, 0.3) is 22.1 Å². The zero-order valence-corrected chi connectivity index (χ0v) is 16.9. The SMILES string of the molecule is COC(=O)[C@H](C)Oc1ccc2c(=O)c(-c3ccc(OC)c(OC)c3)c(C)oc2c1. The lowest BCUT2D eigenvalue weighted by Gasteiger charge is -2.14. The lowest BCUT2D eigenvalue weighted by atomic mass is 10.0. The number of carbonyl (C=O) groups is 1. The summed E-state index contributed by atoms with van der Waals surface area (Å²) in [5.41, 5.74) is 1.29. The van der Waals surface area contributed by atoms with E-state index in [2.05, 4.69) is 4.74 Å². The Labute approximate surface area is 167 Å². The summed E-state index contributed by atoms with van der Waals surface area (Å²) in [5, 5.41) is 0.401. The van der Waals surface area contributed by atoms with E-state index < -0.39 is 12.1 Å². The third kappa shape index (κ3) is 3.89. The first kappa shape index (κ1) is 20.3. The maximum Gasteiger partial charge on any atom is 0.346 e. The number of hydrogen-bond acceptors (Lipinski definition) is 7. The largest absolute Gasteiger partial charge is 0.493 e. The second-order valence-electron chi connectivity index (χ2n) is 6.37. The summed E-state index contributed by atoms with van der Waals surface area (Å²) in [6.45, 7) is 3.30. The van der Waals surface area contributed by atoms with Gasteiger partial charge in [-0.1, -0.05) is 6.07 Å². The van der Waals surface area contributed by atoms with Crippen molar-refractivity contribution >= 4 is 16.9 Å². The van der Waals surface area contributed by atoms with E-state index in [-0.39, 0.29) is 5.43 Å². The van der Waals surface area contributed by atoms with Crippen molar-refractivity contribution in [3.8, 4) is 28.4 Å². The minimum atomic E-state index is -0.781. The summed E-state index contributed by atoms with van der Waals surface area (Å²) in [6, 6.07) is 10.1. The molecule has 2 aromatic carbocycles. The number of ether oxygens (including phenoxy) is 4. The van der Waals surface area contributed by atoms with Gasteiger partial charge in [0.15, 0.2) is 17.6 Å². The molecule has 0 saturated carbocycles. The van der Waals surface area contributed by atoms with E-state index in [1.807, 2.05) is 0 Å². The predicted molar refractivity (Wildman–Crippen MR) is 108 cm³/mol. The van der Waals surface area contributed by atoms with Gasteiger partial charge in [-0.05, 0) is 43.7 Å². The van der Waals surface area contributed by atoms with Crippen molar-refractivity contribution in [2.75, 3.05) is 21.3 Å². The van der Waals surface area contributed by atoms with E-state index >= 15 is 0 Å². The van der Waals surface area contributed by atoms with Gasteiger partial charge in [0.05, 0.1) is 32.3 Å². The van der Waals surface area contributed by atoms with E-state index in [4.69, 9.17) is 18.6 Å². The summed E-state index contributed by atoms with van der Waals surface area (Å²) >= 11 is 0. The van der Waals surface area contributed by atoms with Gasteiger partial charge in [-0.2, -0.15) is 0 Å². The molecule has 0 bridgehead atoms. The number of aryl methyl sites for hydroxylation is 1. The monoisotopic (exact) mass is 398 g/mol. The van der Waals surface area contributed by atoms with Crippen LogP contribution in [0.5, 0.6) is 17.2 Å². The van der Waals surface area contributed by atoms with E-state index in [0.29, 0.717) is 45.1 Å². The van der Waals surface area contributed by atoms with Crippen molar-refractivity contribution < 1.29 is 28.2 Å². The molecule has 1 aromatic heterocycles. The zero-order chi connectivity index (χ0) is 21.1. The average molecular weight is 398 g/mol. The molecule has 1 heterocycles. The Morgan fingerprint density at radius 1 is 1.00 bits per heavy atom. The molecule has 0 aliphatic rings. The second kappa shape index (κ2) is 8.26. The van der Waals surface area contributed by atoms with Crippen LogP contribution >= 0.6 is 0 Å². The van der Waals surface area contributed by atoms with Gasteiger partial charge in [0.1, 0.15) is 17.1 Å². The highest BCUT2D eigenvalue weighted by molar-refractivity contribution is 5.84. The van der Waals surface area contributed by atoms with Crippen LogP contribution in [0.3, 0.4) is 0 Å². The first-order valence-electron chi connectivity index (χ1n) is 8.94. The number of hydrogen-bond donors (Lipinski definition) is 0. The molecule has 3 aromatic rings. The third-order valence-electron chi connectivity index (χ3n) is 4.56. The normalized spacial score (nSPS) is 11.8. The molecule has 3 rings (SSSR count). The maximum absolute atomic E-state index is 13.1. The van der Waals surface area contributed by atoms with Crippen LogP contribution in [0, 0.1) is 6.92 Å². The number of esters is 1. The smallest absolute Gasteiger partial charge is 0.346 e. The van der Waals surface area contributed by atoms with E-state index in [1.54, 1.807) is 57.4 Å². The van der Waals surface area contributed by atoms with Gasteiger partial charge in [0.25, 0.3) is 0 Å². The molecule has 0 spiro atoms. The van der Waals surface area contributed by atoms with Crippen molar-refractivity contribution in [2.45, 2.75) is 20.0 Å². The highest BCUT2D eigenvalue weighted by Gasteiger charge is 2.18. The maximum atomic E-state index is 13.1. The first-order chi connectivity index (χ1) is 13.9. The molecule has 0 fully saturated rings. The van der Waals surface area contributed by atoms with Crippen LogP contribution in [0.2, 0.25) is 0 Å². The molecule has 1 atom stereocenters. The third-order valence-corrected chi connectivity index (χ3v) is 4.56. The standard InChI is InChI=1S/C22H22O7/c1-12-20(14-6-9-17(25-3)19(10-14)26-4)21(23)16-8-7-15(11-18(16)29-12)28-13(2)22(24)27-5/h6-11,13H,1-5H3/t13-/m0/s1. The van der Waals surface area contributed by atoms with E-state index in [9.17, 15) is 9.59 Å². The van der Waals surface area contributed by atoms with Crippen LogP contribution in [-0.4, -0.2) is 33.4 Å². The van der Waals surface area contributed by atoms with Crippen LogP contribution in [-0.2, 0) is 9.53 Å². The second-order valence-corrected chi connectivity index (χ2v) is 6.37. The molecule has 0 amide bonds. The molecule has 0 radical (unpaired) electrons. The summed E-state index contributed by atoms with van der Waals surface area (Å²) < 4.78 is 26.7. The van der Waals surface area contributed by atoms with Crippen molar-refractivity contribution in [1.82, 2.24) is 0 Å². The van der Waals surface area contributed by atoms with Crippen LogP contribution in [0.4, 0.5) is 0 Å². The Bertz CT molecular complexity index is 1110. The quantitative estimate of drug-likeness (QED) is 0.585. The van der Waals surface area contributed by atoms with Gasteiger partial charge in [-0.15, -0.1) is 0 Å². The number of carbonyl (C=O) groups excluding carboxylic acids is 1.